The molecule has 0 saturated heterocycles. The van der Waals surface area contributed by atoms with E-state index in [1.54, 1.807) is 25.1 Å². The molecule has 2 nitrogen and oxygen atoms in total. The second-order valence-corrected chi connectivity index (χ2v) is 4.48. The summed E-state index contributed by atoms with van der Waals surface area (Å²) >= 11 is 5.81. The van der Waals surface area contributed by atoms with E-state index in [0.29, 0.717) is 23.1 Å². The lowest BCUT2D eigenvalue weighted by atomic mass is 10.2. The van der Waals surface area contributed by atoms with E-state index in [2.05, 4.69) is 0 Å². The first-order chi connectivity index (χ1) is 8.56. The lowest BCUT2D eigenvalue weighted by molar-refractivity contribution is 0.304. The van der Waals surface area contributed by atoms with Crippen molar-refractivity contribution < 1.29 is 9.13 Å². The monoisotopic (exact) mass is 265 g/mol. The molecular formula is C14H13ClFNO. The van der Waals surface area contributed by atoms with E-state index in [4.69, 9.17) is 22.1 Å². The zero-order valence-electron chi connectivity index (χ0n) is 9.91. The smallest absolute Gasteiger partial charge is 0.123 e. The number of nitrogens with two attached hydrogens (primary N) is 1. The number of hydrogen-bond donors (Lipinski definition) is 1. The van der Waals surface area contributed by atoms with Crippen molar-refractivity contribution in [3.63, 3.8) is 0 Å². The predicted octanol–water partition coefficient (Wildman–Crippen LogP) is 3.95. The van der Waals surface area contributed by atoms with Crippen molar-refractivity contribution in [2.24, 2.45) is 0 Å². The summed E-state index contributed by atoms with van der Waals surface area (Å²) in [6, 6.07) is 9.66. The van der Waals surface area contributed by atoms with Crippen LogP contribution in [0.1, 0.15) is 11.1 Å². The fourth-order valence-electron chi connectivity index (χ4n) is 1.63. The van der Waals surface area contributed by atoms with Crippen molar-refractivity contribution in [1.29, 1.82) is 0 Å². The van der Waals surface area contributed by atoms with Crippen LogP contribution in [-0.4, -0.2) is 0 Å². The zero-order chi connectivity index (χ0) is 13.1. The van der Waals surface area contributed by atoms with Crippen molar-refractivity contribution in [2.75, 3.05) is 5.73 Å². The molecule has 0 atom stereocenters. The summed E-state index contributed by atoms with van der Waals surface area (Å²) in [5.41, 5.74) is 8.01. The maximum Gasteiger partial charge on any atom is 0.123 e. The number of anilines is 1. The maximum atomic E-state index is 12.9. The average molecular weight is 266 g/mol. The molecule has 18 heavy (non-hydrogen) atoms. The molecule has 0 spiro atoms. The molecule has 2 rings (SSSR count). The third-order valence-electron chi connectivity index (χ3n) is 2.63. The third-order valence-corrected chi connectivity index (χ3v) is 2.86. The first-order valence-electron chi connectivity index (χ1n) is 5.49. The van der Waals surface area contributed by atoms with Gasteiger partial charge in [-0.3, -0.25) is 0 Å². The average Bonchev–Trinajstić information content (AvgIpc) is 2.30. The van der Waals surface area contributed by atoms with Crippen LogP contribution in [0, 0.1) is 12.7 Å². The molecule has 2 N–H and O–H groups in total. The fraction of sp³-hybridized carbons (Fsp3) is 0.143. The summed E-state index contributed by atoms with van der Waals surface area (Å²) < 4.78 is 18.5. The summed E-state index contributed by atoms with van der Waals surface area (Å²) in [5.74, 6) is 0.372. The van der Waals surface area contributed by atoms with E-state index in [1.807, 2.05) is 6.07 Å². The van der Waals surface area contributed by atoms with Crippen molar-refractivity contribution in [3.8, 4) is 5.75 Å². The van der Waals surface area contributed by atoms with Gasteiger partial charge in [0.1, 0.15) is 18.2 Å². The minimum Gasteiger partial charge on any atom is -0.489 e. The van der Waals surface area contributed by atoms with Gasteiger partial charge < -0.3 is 10.5 Å². The minimum atomic E-state index is -0.272. The second kappa shape index (κ2) is 5.27. The fourth-order valence-corrected chi connectivity index (χ4v) is 1.81. The Kier molecular flexibility index (Phi) is 3.72. The highest BCUT2D eigenvalue weighted by atomic mass is 35.5. The standard InChI is InChI=1S/C14H13ClFNO/c1-9-6-12(16)4-5-14(9)18-8-10-2-3-11(15)7-13(10)17/h2-7H,8,17H2,1H3. The molecule has 2 aromatic carbocycles. The van der Waals surface area contributed by atoms with E-state index in [0.717, 1.165) is 11.1 Å². The van der Waals surface area contributed by atoms with Gasteiger partial charge >= 0.3 is 0 Å². The highest BCUT2D eigenvalue weighted by molar-refractivity contribution is 6.30. The van der Waals surface area contributed by atoms with Crippen LogP contribution in [0.3, 0.4) is 0 Å². The van der Waals surface area contributed by atoms with Gasteiger partial charge in [0.25, 0.3) is 0 Å². The molecular weight excluding hydrogens is 253 g/mol. The largest absolute Gasteiger partial charge is 0.489 e. The summed E-state index contributed by atoms with van der Waals surface area (Å²) in [6.45, 7) is 2.12. The highest BCUT2D eigenvalue weighted by Gasteiger charge is 2.04. The van der Waals surface area contributed by atoms with Gasteiger partial charge in [0.15, 0.2) is 0 Å². The Hall–Kier alpha value is -1.74. The van der Waals surface area contributed by atoms with Crippen LogP contribution in [0.5, 0.6) is 5.75 Å². The Bertz CT molecular complexity index is 520. The quantitative estimate of drug-likeness (QED) is 0.853. The summed E-state index contributed by atoms with van der Waals surface area (Å²) in [6.07, 6.45) is 0. The molecule has 0 saturated carbocycles. The van der Waals surface area contributed by atoms with Gasteiger partial charge in [-0.25, -0.2) is 4.39 Å². The summed E-state index contributed by atoms with van der Waals surface area (Å²) in [5, 5.41) is 0.592. The van der Waals surface area contributed by atoms with Gasteiger partial charge in [-0.1, -0.05) is 17.7 Å². The molecule has 0 aromatic heterocycles. The number of halogens is 2. The van der Waals surface area contributed by atoms with Gasteiger partial charge in [-0.15, -0.1) is 0 Å². The molecule has 0 amide bonds. The van der Waals surface area contributed by atoms with Crippen molar-refractivity contribution in [2.45, 2.75) is 13.5 Å². The molecule has 4 heteroatoms. The van der Waals surface area contributed by atoms with Crippen molar-refractivity contribution in [3.05, 3.63) is 58.4 Å². The second-order valence-electron chi connectivity index (χ2n) is 4.04. The summed E-state index contributed by atoms with van der Waals surface area (Å²) in [7, 11) is 0. The first-order valence-corrected chi connectivity index (χ1v) is 5.87. The molecule has 2 aromatic rings. The Morgan fingerprint density at radius 1 is 1.22 bits per heavy atom. The molecule has 0 aliphatic heterocycles. The number of benzene rings is 2. The molecule has 0 aliphatic carbocycles. The Morgan fingerprint density at radius 2 is 2.00 bits per heavy atom. The van der Waals surface area contributed by atoms with Crippen LogP contribution >= 0.6 is 11.6 Å². The third kappa shape index (κ3) is 2.93. The van der Waals surface area contributed by atoms with E-state index in [-0.39, 0.29) is 5.82 Å². The van der Waals surface area contributed by atoms with Crippen LogP contribution in [-0.2, 0) is 6.61 Å². The number of rotatable bonds is 3. The normalized spacial score (nSPS) is 10.4. The molecule has 0 unspecified atom stereocenters. The Morgan fingerprint density at radius 3 is 2.67 bits per heavy atom. The van der Waals surface area contributed by atoms with Crippen LogP contribution in [0.2, 0.25) is 5.02 Å². The van der Waals surface area contributed by atoms with Crippen molar-refractivity contribution >= 4 is 17.3 Å². The Labute approximate surface area is 110 Å². The van der Waals surface area contributed by atoms with Crippen LogP contribution < -0.4 is 10.5 Å². The van der Waals surface area contributed by atoms with Gasteiger partial charge in [-0.2, -0.15) is 0 Å². The number of nitrogen functional groups attached to an aromatic ring is 1. The van der Waals surface area contributed by atoms with E-state index < -0.39 is 0 Å². The SMILES string of the molecule is Cc1cc(F)ccc1OCc1ccc(Cl)cc1N. The van der Waals surface area contributed by atoms with Gasteiger partial charge in [0.2, 0.25) is 0 Å². The maximum absolute atomic E-state index is 12.9. The number of ether oxygens (including phenoxy) is 1. The molecule has 0 heterocycles. The van der Waals surface area contributed by atoms with Crippen LogP contribution in [0.25, 0.3) is 0 Å². The minimum absolute atomic E-state index is 0.272. The van der Waals surface area contributed by atoms with Crippen molar-refractivity contribution in [1.82, 2.24) is 0 Å². The molecule has 0 fully saturated rings. The lowest BCUT2D eigenvalue weighted by Gasteiger charge is -2.11. The van der Waals surface area contributed by atoms with Crippen LogP contribution in [0.15, 0.2) is 36.4 Å². The highest BCUT2D eigenvalue weighted by Crippen LogP contribution is 2.22. The number of aryl methyl sites for hydroxylation is 1. The predicted molar refractivity (Wildman–Crippen MR) is 71.3 cm³/mol. The van der Waals surface area contributed by atoms with E-state index in [9.17, 15) is 4.39 Å². The molecule has 0 radical (unpaired) electrons. The van der Waals surface area contributed by atoms with Gasteiger partial charge in [-0.05, 0) is 42.8 Å². The molecule has 94 valence electrons. The van der Waals surface area contributed by atoms with Crippen LogP contribution in [0.4, 0.5) is 10.1 Å². The lowest BCUT2D eigenvalue weighted by Crippen LogP contribution is -2.01. The zero-order valence-corrected chi connectivity index (χ0v) is 10.7. The molecule has 0 bridgehead atoms. The van der Waals surface area contributed by atoms with E-state index in [1.165, 1.54) is 12.1 Å². The van der Waals surface area contributed by atoms with Gasteiger partial charge in [0.05, 0.1) is 0 Å². The van der Waals surface area contributed by atoms with Gasteiger partial charge in [0, 0.05) is 16.3 Å². The molecule has 0 aliphatic rings. The Balaban J connectivity index is 2.11. The van der Waals surface area contributed by atoms with E-state index >= 15 is 0 Å². The first kappa shape index (κ1) is 12.7. The topological polar surface area (TPSA) is 35.2 Å². The summed E-state index contributed by atoms with van der Waals surface area (Å²) in [4.78, 5) is 0. The number of hydrogen-bond acceptors (Lipinski definition) is 2.